The third-order valence-electron chi connectivity index (χ3n) is 3.70. The van der Waals surface area contributed by atoms with Crippen LogP contribution in [0.2, 0.25) is 0 Å². The van der Waals surface area contributed by atoms with Gasteiger partial charge in [0, 0.05) is 6.04 Å². The summed E-state index contributed by atoms with van der Waals surface area (Å²) in [4.78, 5) is 3.65. The van der Waals surface area contributed by atoms with E-state index in [0.29, 0.717) is 6.04 Å². The maximum absolute atomic E-state index is 12.6. The lowest BCUT2D eigenvalue weighted by Gasteiger charge is -2.33. The van der Waals surface area contributed by atoms with E-state index in [9.17, 15) is 4.39 Å². The van der Waals surface area contributed by atoms with E-state index in [1.54, 1.807) is 12.3 Å². The van der Waals surface area contributed by atoms with Crippen molar-refractivity contribution < 1.29 is 4.39 Å². The van der Waals surface area contributed by atoms with Crippen LogP contribution in [0.5, 0.6) is 0 Å². The first kappa shape index (κ1) is 11.4. The van der Waals surface area contributed by atoms with Gasteiger partial charge in [-0.2, -0.15) is 4.39 Å². The largest absolute Gasteiger partial charge is 0.381 e. The number of anilines is 1. The van der Waals surface area contributed by atoms with Crippen molar-refractivity contribution in [2.75, 3.05) is 5.32 Å². The van der Waals surface area contributed by atoms with E-state index in [1.807, 2.05) is 0 Å². The van der Waals surface area contributed by atoms with Gasteiger partial charge in [0.1, 0.15) is 0 Å². The lowest BCUT2D eigenvalue weighted by Crippen LogP contribution is -2.30. The molecular weight excluding hydrogens is 203 g/mol. The highest BCUT2D eigenvalue weighted by Gasteiger charge is 2.24. The molecule has 1 fully saturated rings. The molecule has 88 valence electrons. The molecule has 2 nitrogen and oxygen atoms in total. The molecule has 0 saturated heterocycles. The number of halogens is 1. The minimum absolute atomic E-state index is 0.420. The van der Waals surface area contributed by atoms with Crippen LogP contribution in [0.25, 0.3) is 0 Å². The topological polar surface area (TPSA) is 24.9 Å². The van der Waals surface area contributed by atoms with Gasteiger partial charge in [0.2, 0.25) is 5.95 Å². The maximum Gasteiger partial charge on any atom is 0.212 e. The fourth-order valence-corrected chi connectivity index (χ4v) is 2.38. The highest BCUT2D eigenvalue weighted by atomic mass is 19.1. The fraction of sp³-hybridized carbons (Fsp3) is 0.615. The molecule has 0 spiro atoms. The maximum atomic E-state index is 12.6. The third-order valence-corrected chi connectivity index (χ3v) is 3.70. The van der Waals surface area contributed by atoms with Gasteiger partial charge >= 0.3 is 0 Å². The number of aromatic nitrogens is 1. The van der Waals surface area contributed by atoms with Gasteiger partial charge in [-0.05, 0) is 43.2 Å². The smallest absolute Gasteiger partial charge is 0.212 e. The van der Waals surface area contributed by atoms with Crippen LogP contribution in [0.1, 0.15) is 33.1 Å². The zero-order chi connectivity index (χ0) is 11.5. The monoisotopic (exact) mass is 222 g/mol. The predicted molar refractivity (Wildman–Crippen MR) is 63.8 cm³/mol. The first-order chi connectivity index (χ1) is 7.65. The van der Waals surface area contributed by atoms with Crippen LogP contribution in [-0.4, -0.2) is 11.0 Å². The number of hydrogen-bond donors (Lipinski definition) is 1. The number of rotatable bonds is 2. The van der Waals surface area contributed by atoms with E-state index in [1.165, 1.54) is 25.3 Å². The molecule has 1 saturated carbocycles. The SMILES string of the molecule is CC1CCC(Nc2ccc(F)nc2)CC1C. The van der Waals surface area contributed by atoms with Gasteiger partial charge < -0.3 is 5.32 Å². The highest BCUT2D eigenvalue weighted by Crippen LogP contribution is 2.30. The molecule has 1 aliphatic rings. The summed E-state index contributed by atoms with van der Waals surface area (Å²) in [6, 6.07) is 3.67. The summed E-state index contributed by atoms with van der Waals surface area (Å²) in [6.45, 7) is 4.63. The van der Waals surface area contributed by atoms with Crippen LogP contribution in [-0.2, 0) is 0 Å². The van der Waals surface area contributed by atoms with Crippen molar-refractivity contribution in [1.82, 2.24) is 4.98 Å². The van der Waals surface area contributed by atoms with Gasteiger partial charge in [0.15, 0.2) is 0 Å². The second-order valence-corrected chi connectivity index (χ2v) is 4.98. The van der Waals surface area contributed by atoms with Crippen molar-refractivity contribution in [3.8, 4) is 0 Å². The minimum Gasteiger partial charge on any atom is -0.381 e. The van der Waals surface area contributed by atoms with Crippen molar-refractivity contribution in [1.29, 1.82) is 0 Å². The van der Waals surface area contributed by atoms with Crippen molar-refractivity contribution >= 4 is 5.69 Å². The summed E-state index contributed by atoms with van der Waals surface area (Å²) in [7, 11) is 0. The van der Waals surface area contributed by atoms with Crippen molar-refractivity contribution in [2.24, 2.45) is 11.8 Å². The normalized spacial score (nSPS) is 30.1. The van der Waals surface area contributed by atoms with E-state index >= 15 is 0 Å². The molecule has 16 heavy (non-hydrogen) atoms. The van der Waals surface area contributed by atoms with Gasteiger partial charge in [-0.15, -0.1) is 0 Å². The highest BCUT2D eigenvalue weighted by molar-refractivity contribution is 5.41. The fourth-order valence-electron chi connectivity index (χ4n) is 2.38. The quantitative estimate of drug-likeness (QED) is 0.775. The van der Waals surface area contributed by atoms with Gasteiger partial charge in [-0.1, -0.05) is 13.8 Å². The van der Waals surface area contributed by atoms with Crippen molar-refractivity contribution in [3.05, 3.63) is 24.3 Å². The Labute approximate surface area is 96.3 Å². The Hall–Kier alpha value is -1.12. The molecule has 3 atom stereocenters. The Balaban J connectivity index is 1.93. The second kappa shape index (κ2) is 4.81. The molecule has 1 N–H and O–H groups in total. The number of nitrogens with zero attached hydrogens (tertiary/aromatic N) is 1. The molecule has 0 bridgehead atoms. The van der Waals surface area contributed by atoms with Gasteiger partial charge in [0.25, 0.3) is 0 Å². The number of pyridine rings is 1. The average molecular weight is 222 g/mol. The molecule has 1 aromatic heterocycles. The van der Waals surface area contributed by atoms with E-state index in [-0.39, 0.29) is 0 Å². The Morgan fingerprint density at radius 3 is 2.69 bits per heavy atom. The summed E-state index contributed by atoms with van der Waals surface area (Å²) in [5.41, 5.74) is 0.924. The van der Waals surface area contributed by atoms with Crippen LogP contribution in [0.15, 0.2) is 18.3 Å². The van der Waals surface area contributed by atoms with Crippen molar-refractivity contribution in [2.45, 2.75) is 39.2 Å². The van der Waals surface area contributed by atoms with Gasteiger partial charge in [-0.3, -0.25) is 0 Å². The van der Waals surface area contributed by atoms with E-state index < -0.39 is 5.95 Å². The van der Waals surface area contributed by atoms with Crippen LogP contribution >= 0.6 is 0 Å². The zero-order valence-corrected chi connectivity index (χ0v) is 9.91. The second-order valence-electron chi connectivity index (χ2n) is 4.98. The van der Waals surface area contributed by atoms with E-state index in [4.69, 9.17) is 0 Å². The summed E-state index contributed by atoms with van der Waals surface area (Å²) in [5.74, 6) is 1.17. The van der Waals surface area contributed by atoms with Crippen LogP contribution in [0.4, 0.5) is 10.1 Å². The summed E-state index contributed by atoms with van der Waals surface area (Å²) < 4.78 is 12.6. The molecule has 3 heteroatoms. The predicted octanol–water partition coefficient (Wildman–Crippen LogP) is 3.46. The summed E-state index contributed by atoms with van der Waals surface area (Å²) in [6.07, 6.45) is 5.23. The third kappa shape index (κ3) is 2.71. The molecule has 2 rings (SSSR count). The molecule has 0 amide bonds. The van der Waals surface area contributed by atoms with E-state index in [0.717, 1.165) is 17.5 Å². The average Bonchev–Trinajstić information content (AvgIpc) is 2.27. The Kier molecular flexibility index (Phi) is 3.42. The first-order valence-electron chi connectivity index (χ1n) is 6.03. The van der Waals surface area contributed by atoms with E-state index in [2.05, 4.69) is 24.1 Å². The Morgan fingerprint density at radius 1 is 1.25 bits per heavy atom. The van der Waals surface area contributed by atoms with Gasteiger partial charge in [0.05, 0.1) is 11.9 Å². The summed E-state index contributed by atoms with van der Waals surface area (Å²) in [5, 5.41) is 3.43. The molecule has 1 heterocycles. The lowest BCUT2D eigenvalue weighted by molar-refractivity contribution is 0.261. The molecular formula is C13H19FN2. The Morgan fingerprint density at radius 2 is 2.06 bits per heavy atom. The number of hydrogen-bond acceptors (Lipinski definition) is 2. The first-order valence-corrected chi connectivity index (χ1v) is 6.03. The molecule has 3 unspecified atom stereocenters. The molecule has 1 aromatic rings. The number of nitrogens with one attached hydrogen (secondary N) is 1. The molecule has 1 aliphatic carbocycles. The van der Waals surface area contributed by atoms with Gasteiger partial charge in [-0.25, -0.2) is 4.98 Å². The zero-order valence-electron chi connectivity index (χ0n) is 9.91. The Bertz CT molecular complexity index is 336. The van der Waals surface area contributed by atoms with Crippen LogP contribution in [0.3, 0.4) is 0 Å². The van der Waals surface area contributed by atoms with Crippen LogP contribution in [0, 0.1) is 17.8 Å². The lowest BCUT2D eigenvalue weighted by atomic mass is 9.79. The summed E-state index contributed by atoms with van der Waals surface area (Å²) >= 11 is 0. The van der Waals surface area contributed by atoms with Crippen LogP contribution < -0.4 is 5.32 Å². The van der Waals surface area contributed by atoms with Crippen molar-refractivity contribution in [3.63, 3.8) is 0 Å². The molecule has 0 radical (unpaired) electrons. The molecule has 0 aliphatic heterocycles. The minimum atomic E-state index is -0.420. The molecule has 0 aromatic carbocycles. The standard InChI is InChI=1S/C13H19FN2/c1-9-3-4-11(7-10(9)2)16-12-5-6-13(14)15-8-12/h5-6,8-11,16H,3-4,7H2,1-2H3.